The van der Waals surface area contributed by atoms with Crippen LogP contribution in [-0.4, -0.2) is 50.5 Å². The molecule has 0 heterocycles. The third-order valence-corrected chi connectivity index (χ3v) is 7.93. The fourth-order valence-corrected chi connectivity index (χ4v) is 5.63. The van der Waals surface area contributed by atoms with E-state index < -0.39 is 16.1 Å². The van der Waals surface area contributed by atoms with E-state index in [1.54, 1.807) is 29.2 Å². The van der Waals surface area contributed by atoms with E-state index in [1.807, 2.05) is 67.6 Å². The van der Waals surface area contributed by atoms with Crippen molar-refractivity contribution in [2.45, 2.75) is 58.5 Å². The number of para-hydroxylation sites is 1. The quantitative estimate of drug-likeness (QED) is 0.261. The van der Waals surface area contributed by atoms with Crippen LogP contribution in [0, 0.1) is 6.92 Å². The fourth-order valence-electron chi connectivity index (χ4n) is 4.67. The molecular formula is C32H41N3O4S. The highest BCUT2D eigenvalue weighted by atomic mass is 32.2. The molecule has 0 aromatic heterocycles. The van der Waals surface area contributed by atoms with Crippen LogP contribution < -0.4 is 9.62 Å². The second kappa shape index (κ2) is 15.2. The van der Waals surface area contributed by atoms with Gasteiger partial charge in [0.15, 0.2) is 0 Å². The van der Waals surface area contributed by atoms with Crippen molar-refractivity contribution in [2.75, 3.05) is 23.7 Å². The van der Waals surface area contributed by atoms with Crippen LogP contribution in [-0.2, 0) is 32.6 Å². The number of hydrogen-bond acceptors (Lipinski definition) is 4. The van der Waals surface area contributed by atoms with Gasteiger partial charge in [0.05, 0.1) is 11.9 Å². The monoisotopic (exact) mass is 563 g/mol. The molecule has 0 unspecified atom stereocenters. The van der Waals surface area contributed by atoms with Crippen molar-refractivity contribution in [1.29, 1.82) is 0 Å². The minimum absolute atomic E-state index is 0.109. The normalized spacial score (nSPS) is 12.0. The van der Waals surface area contributed by atoms with Crippen LogP contribution in [0.3, 0.4) is 0 Å². The Morgan fingerprint density at radius 2 is 1.52 bits per heavy atom. The number of unbranched alkanes of at least 4 members (excludes halogenated alkanes) is 1. The topological polar surface area (TPSA) is 86.8 Å². The van der Waals surface area contributed by atoms with E-state index >= 15 is 0 Å². The molecule has 1 N–H and O–H groups in total. The summed E-state index contributed by atoms with van der Waals surface area (Å²) in [4.78, 5) is 29.0. The minimum Gasteiger partial charge on any atom is -0.354 e. The third kappa shape index (κ3) is 9.52. The first-order chi connectivity index (χ1) is 19.2. The molecule has 0 spiro atoms. The van der Waals surface area contributed by atoms with Crippen LogP contribution >= 0.6 is 0 Å². The van der Waals surface area contributed by atoms with Crippen molar-refractivity contribution in [3.8, 4) is 0 Å². The first kappa shape index (κ1) is 30.9. The summed E-state index contributed by atoms with van der Waals surface area (Å²) in [5, 5.41) is 3.03. The van der Waals surface area contributed by atoms with E-state index in [-0.39, 0.29) is 31.3 Å². The summed E-state index contributed by atoms with van der Waals surface area (Å²) in [5.74, 6) is -0.366. The van der Waals surface area contributed by atoms with Gasteiger partial charge in [0.25, 0.3) is 0 Å². The van der Waals surface area contributed by atoms with Gasteiger partial charge in [-0.3, -0.25) is 13.9 Å². The van der Waals surface area contributed by atoms with Gasteiger partial charge in [-0.25, -0.2) is 8.42 Å². The summed E-state index contributed by atoms with van der Waals surface area (Å²) in [7, 11) is -3.53. The average Bonchev–Trinajstić information content (AvgIpc) is 2.93. The minimum atomic E-state index is -3.53. The molecule has 0 radical (unpaired) electrons. The molecule has 0 bridgehead atoms. The van der Waals surface area contributed by atoms with E-state index in [4.69, 9.17) is 0 Å². The molecule has 214 valence electrons. The predicted molar refractivity (Wildman–Crippen MR) is 161 cm³/mol. The van der Waals surface area contributed by atoms with Crippen LogP contribution in [0.4, 0.5) is 5.69 Å². The SMILES string of the molecule is CCCCNC(=O)[C@@H](Cc1ccccc1)N(Cc1cccc(C)c1)C(=O)CCCN(c1ccccc1)S(C)(=O)=O. The van der Waals surface area contributed by atoms with Gasteiger partial charge in [-0.15, -0.1) is 0 Å². The molecule has 2 amide bonds. The van der Waals surface area contributed by atoms with Gasteiger partial charge in [-0.05, 0) is 43.0 Å². The molecule has 0 fully saturated rings. The van der Waals surface area contributed by atoms with E-state index in [0.717, 1.165) is 29.5 Å². The lowest BCUT2D eigenvalue weighted by Crippen LogP contribution is -2.50. The number of nitrogens with zero attached hydrogens (tertiary/aromatic N) is 2. The summed E-state index contributed by atoms with van der Waals surface area (Å²) in [6.45, 7) is 5.06. The number of rotatable bonds is 15. The number of carbonyl (C=O) groups excluding carboxylic acids is 2. The van der Waals surface area contributed by atoms with Gasteiger partial charge in [0.2, 0.25) is 21.8 Å². The zero-order valence-corrected chi connectivity index (χ0v) is 24.6. The van der Waals surface area contributed by atoms with E-state index in [9.17, 15) is 18.0 Å². The Bertz CT molecular complexity index is 1330. The lowest BCUT2D eigenvalue weighted by atomic mass is 10.0. The van der Waals surface area contributed by atoms with Crippen molar-refractivity contribution in [3.63, 3.8) is 0 Å². The summed E-state index contributed by atoms with van der Waals surface area (Å²) in [5.41, 5.74) is 3.54. The number of hydrogen-bond donors (Lipinski definition) is 1. The highest BCUT2D eigenvalue weighted by molar-refractivity contribution is 7.92. The third-order valence-electron chi connectivity index (χ3n) is 6.73. The fraction of sp³-hybridized carbons (Fsp3) is 0.375. The Labute approximate surface area is 239 Å². The molecule has 8 heteroatoms. The predicted octanol–water partition coefficient (Wildman–Crippen LogP) is 5.10. The smallest absolute Gasteiger partial charge is 0.243 e. The van der Waals surface area contributed by atoms with Crippen molar-refractivity contribution < 1.29 is 18.0 Å². The molecule has 0 aliphatic carbocycles. The number of anilines is 1. The van der Waals surface area contributed by atoms with Crippen molar-refractivity contribution in [1.82, 2.24) is 10.2 Å². The van der Waals surface area contributed by atoms with E-state index in [1.165, 1.54) is 10.6 Å². The molecule has 0 aliphatic rings. The Morgan fingerprint density at radius 3 is 2.15 bits per heavy atom. The second-order valence-corrected chi connectivity index (χ2v) is 12.0. The summed E-state index contributed by atoms with van der Waals surface area (Å²) in [6.07, 6.45) is 3.79. The molecule has 40 heavy (non-hydrogen) atoms. The first-order valence-electron chi connectivity index (χ1n) is 13.9. The lowest BCUT2D eigenvalue weighted by Gasteiger charge is -2.32. The summed E-state index contributed by atoms with van der Waals surface area (Å²) < 4.78 is 26.4. The van der Waals surface area contributed by atoms with Gasteiger partial charge in [-0.2, -0.15) is 0 Å². The van der Waals surface area contributed by atoms with Crippen LogP contribution in [0.2, 0.25) is 0 Å². The molecule has 1 atom stereocenters. The number of aryl methyl sites for hydroxylation is 1. The van der Waals surface area contributed by atoms with Crippen LogP contribution in [0.5, 0.6) is 0 Å². The molecule has 7 nitrogen and oxygen atoms in total. The lowest BCUT2D eigenvalue weighted by molar-refractivity contribution is -0.141. The number of nitrogens with one attached hydrogen (secondary N) is 1. The largest absolute Gasteiger partial charge is 0.354 e. The van der Waals surface area contributed by atoms with Crippen molar-refractivity contribution >= 4 is 27.5 Å². The zero-order chi connectivity index (χ0) is 29.0. The standard InChI is InChI=1S/C32H41N3O4S/c1-4-5-21-33-32(37)30(24-27-15-8-6-9-16-27)34(25-28-17-12-14-26(2)23-28)31(36)20-13-22-35(40(3,38)39)29-18-10-7-11-19-29/h6-12,14-19,23,30H,4-5,13,20-22,24-25H2,1-3H3,(H,33,37)/t30-/m1/s1. The van der Waals surface area contributed by atoms with Gasteiger partial charge in [-0.1, -0.05) is 91.7 Å². The number of benzene rings is 3. The van der Waals surface area contributed by atoms with Crippen LogP contribution in [0.25, 0.3) is 0 Å². The number of carbonyl (C=O) groups is 2. The van der Waals surface area contributed by atoms with Crippen LogP contribution in [0.1, 0.15) is 49.3 Å². The second-order valence-electron chi connectivity index (χ2n) is 10.1. The molecule has 0 saturated heterocycles. The van der Waals surface area contributed by atoms with Gasteiger partial charge in [0.1, 0.15) is 6.04 Å². The molecule has 0 saturated carbocycles. The maximum atomic E-state index is 13.8. The molecule has 0 aliphatic heterocycles. The number of amides is 2. The van der Waals surface area contributed by atoms with E-state index in [0.29, 0.717) is 25.1 Å². The summed E-state index contributed by atoms with van der Waals surface area (Å²) >= 11 is 0. The number of sulfonamides is 1. The van der Waals surface area contributed by atoms with Crippen molar-refractivity contribution in [2.24, 2.45) is 0 Å². The Hall–Kier alpha value is -3.65. The maximum Gasteiger partial charge on any atom is 0.243 e. The van der Waals surface area contributed by atoms with E-state index in [2.05, 4.69) is 12.2 Å². The molecule has 3 aromatic rings. The van der Waals surface area contributed by atoms with Gasteiger partial charge >= 0.3 is 0 Å². The maximum absolute atomic E-state index is 13.8. The first-order valence-corrected chi connectivity index (χ1v) is 15.7. The van der Waals surface area contributed by atoms with Gasteiger partial charge < -0.3 is 10.2 Å². The molecule has 3 aromatic carbocycles. The zero-order valence-electron chi connectivity index (χ0n) is 23.8. The highest BCUT2D eigenvalue weighted by Crippen LogP contribution is 2.20. The van der Waals surface area contributed by atoms with Crippen molar-refractivity contribution in [3.05, 3.63) is 102 Å². The summed E-state index contributed by atoms with van der Waals surface area (Å²) in [6, 6.07) is 25.8. The average molecular weight is 564 g/mol. The Kier molecular flexibility index (Phi) is 11.8. The molecule has 3 rings (SSSR count). The molecular weight excluding hydrogens is 522 g/mol. The van der Waals surface area contributed by atoms with Gasteiger partial charge in [0, 0.05) is 32.5 Å². The van der Waals surface area contributed by atoms with Crippen LogP contribution in [0.15, 0.2) is 84.9 Å². The highest BCUT2D eigenvalue weighted by Gasteiger charge is 2.30. The Morgan fingerprint density at radius 1 is 0.875 bits per heavy atom. The Balaban J connectivity index is 1.86.